The molecule has 3 aromatic heterocycles. The van der Waals surface area contributed by atoms with Crippen LogP contribution in [0.1, 0.15) is 22.1 Å². The molecule has 0 bridgehead atoms. The van der Waals surface area contributed by atoms with E-state index in [1.165, 1.54) is 35.2 Å². The van der Waals surface area contributed by atoms with Gasteiger partial charge in [-0.2, -0.15) is 0 Å². The molecule has 3 heterocycles. The summed E-state index contributed by atoms with van der Waals surface area (Å²) in [6.45, 7) is 8.41. The van der Waals surface area contributed by atoms with Crippen molar-refractivity contribution < 1.29 is 9.13 Å². The van der Waals surface area contributed by atoms with Crippen LogP contribution in [0.25, 0.3) is 10.2 Å². The number of fused-ring (bicyclic) bond motifs is 1. The van der Waals surface area contributed by atoms with Crippen LogP contribution in [0.5, 0.6) is 5.75 Å². The number of allylic oxidation sites excluding steroid dienone is 1. The largest absolute Gasteiger partial charge is 0.486 e. The molecule has 0 spiro atoms. The Morgan fingerprint density at radius 2 is 2.06 bits per heavy atom. The van der Waals surface area contributed by atoms with Crippen LogP contribution in [0.15, 0.2) is 46.9 Å². The second-order valence-electron chi connectivity index (χ2n) is 6.81. The summed E-state index contributed by atoms with van der Waals surface area (Å²) in [5, 5.41) is 9.79. The number of benzene rings is 1. The fraction of sp³-hybridized carbons (Fsp3) is 0.238. The topological polar surface area (TPSA) is 85.7 Å². The number of H-pyrrole nitrogens is 1. The van der Waals surface area contributed by atoms with Crippen LogP contribution in [0, 0.1) is 19.7 Å². The lowest BCUT2D eigenvalue weighted by Gasteiger charge is -2.09. The maximum Gasteiger partial charge on any atom is 0.259 e. The van der Waals surface area contributed by atoms with Gasteiger partial charge in [-0.1, -0.05) is 17.8 Å². The van der Waals surface area contributed by atoms with Crippen molar-refractivity contribution in [3.63, 3.8) is 0 Å². The minimum Gasteiger partial charge on any atom is -0.486 e. The number of rotatable bonds is 8. The molecule has 0 saturated carbocycles. The molecule has 0 aliphatic heterocycles. The summed E-state index contributed by atoms with van der Waals surface area (Å²) >= 11 is 2.94. The molecule has 10 heteroatoms. The van der Waals surface area contributed by atoms with Gasteiger partial charge in [0.15, 0.2) is 11.0 Å². The van der Waals surface area contributed by atoms with Crippen LogP contribution in [0.4, 0.5) is 4.39 Å². The number of aromatic amines is 1. The van der Waals surface area contributed by atoms with Crippen LogP contribution in [0.2, 0.25) is 0 Å². The summed E-state index contributed by atoms with van der Waals surface area (Å²) in [6.07, 6.45) is 1.75. The Hall–Kier alpha value is -2.98. The molecule has 4 aromatic rings. The summed E-state index contributed by atoms with van der Waals surface area (Å²) < 4.78 is 20.6. The predicted molar refractivity (Wildman–Crippen MR) is 120 cm³/mol. The first-order chi connectivity index (χ1) is 15.0. The van der Waals surface area contributed by atoms with Gasteiger partial charge in [-0.15, -0.1) is 28.1 Å². The number of halogens is 1. The molecule has 7 nitrogen and oxygen atoms in total. The standard InChI is InChI=1S/C21H20FN5O2S2/c1-4-9-27-17(10-29-15-7-5-14(22)6-8-15)25-26-21(27)30-11-16-23-19(28)18-12(2)13(3)31-20(18)24-16/h4-8H,1,9-11H2,2-3H3,(H,23,24,28). The highest BCUT2D eigenvalue weighted by atomic mass is 32.2. The predicted octanol–water partition coefficient (Wildman–Crippen LogP) is 4.39. The molecule has 0 amide bonds. The number of thioether (sulfide) groups is 1. The second-order valence-corrected chi connectivity index (χ2v) is 8.95. The van der Waals surface area contributed by atoms with Crippen molar-refractivity contribution in [1.82, 2.24) is 24.7 Å². The molecule has 1 aromatic carbocycles. The van der Waals surface area contributed by atoms with Crippen LogP contribution in [-0.4, -0.2) is 24.7 Å². The fourth-order valence-corrected chi connectivity index (χ4v) is 4.91. The van der Waals surface area contributed by atoms with Crippen LogP contribution in [0.3, 0.4) is 0 Å². The average Bonchev–Trinajstić information content (AvgIpc) is 3.26. The molecule has 31 heavy (non-hydrogen) atoms. The molecular formula is C21H20FN5O2S2. The Morgan fingerprint density at radius 3 is 2.81 bits per heavy atom. The SMILES string of the molecule is C=CCn1c(COc2ccc(F)cc2)nnc1SCc1nc2sc(C)c(C)c2c(=O)[nH]1. The van der Waals surface area contributed by atoms with Gasteiger partial charge in [0.25, 0.3) is 5.56 Å². The number of thiophene rings is 1. The molecule has 0 aliphatic rings. The molecule has 0 atom stereocenters. The van der Waals surface area contributed by atoms with E-state index in [1.54, 1.807) is 18.2 Å². The smallest absolute Gasteiger partial charge is 0.259 e. The number of ether oxygens (including phenoxy) is 1. The first-order valence-corrected chi connectivity index (χ1v) is 11.3. The molecule has 1 N–H and O–H groups in total. The highest BCUT2D eigenvalue weighted by molar-refractivity contribution is 7.98. The summed E-state index contributed by atoms with van der Waals surface area (Å²) in [6, 6.07) is 5.80. The van der Waals surface area contributed by atoms with Gasteiger partial charge in [-0.25, -0.2) is 9.37 Å². The van der Waals surface area contributed by atoms with Gasteiger partial charge < -0.3 is 9.72 Å². The van der Waals surface area contributed by atoms with E-state index in [1.807, 2.05) is 18.4 Å². The zero-order chi connectivity index (χ0) is 22.0. The van der Waals surface area contributed by atoms with Crippen LogP contribution >= 0.6 is 23.1 Å². The minimum atomic E-state index is -0.321. The molecule has 0 saturated heterocycles. The lowest BCUT2D eigenvalue weighted by atomic mass is 10.2. The third kappa shape index (κ3) is 4.54. The van der Waals surface area contributed by atoms with Crippen molar-refractivity contribution in [3.05, 3.63) is 75.2 Å². The first kappa shape index (κ1) is 21.3. The number of nitrogens with zero attached hydrogens (tertiary/aromatic N) is 4. The van der Waals surface area contributed by atoms with Gasteiger partial charge in [-0.3, -0.25) is 9.36 Å². The van der Waals surface area contributed by atoms with Gasteiger partial charge in [0.1, 0.15) is 28.8 Å². The van der Waals surface area contributed by atoms with E-state index in [2.05, 4.69) is 26.7 Å². The van der Waals surface area contributed by atoms with Crippen LogP contribution < -0.4 is 10.3 Å². The van der Waals surface area contributed by atoms with Crippen molar-refractivity contribution in [2.45, 2.75) is 37.9 Å². The number of aryl methyl sites for hydroxylation is 2. The van der Waals surface area contributed by atoms with Crippen molar-refractivity contribution in [3.8, 4) is 5.75 Å². The van der Waals surface area contributed by atoms with E-state index in [9.17, 15) is 9.18 Å². The maximum atomic E-state index is 13.1. The van der Waals surface area contributed by atoms with E-state index in [0.29, 0.717) is 40.2 Å². The van der Waals surface area contributed by atoms with E-state index >= 15 is 0 Å². The zero-order valence-corrected chi connectivity index (χ0v) is 18.6. The van der Waals surface area contributed by atoms with Crippen LogP contribution in [-0.2, 0) is 18.9 Å². The van der Waals surface area contributed by atoms with Gasteiger partial charge in [0.2, 0.25) is 0 Å². The Labute approximate surface area is 186 Å². The average molecular weight is 458 g/mol. The zero-order valence-electron chi connectivity index (χ0n) is 17.0. The first-order valence-electron chi connectivity index (χ1n) is 9.49. The number of aromatic nitrogens is 5. The lowest BCUT2D eigenvalue weighted by molar-refractivity contribution is 0.288. The number of hydrogen-bond acceptors (Lipinski definition) is 7. The van der Waals surface area contributed by atoms with Crippen molar-refractivity contribution >= 4 is 33.3 Å². The van der Waals surface area contributed by atoms with Crippen molar-refractivity contribution in [2.75, 3.05) is 0 Å². The van der Waals surface area contributed by atoms with E-state index in [4.69, 9.17) is 4.74 Å². The van der Waals surface area contributed by atoms with Gasteiger partial charge in [0, 0.05) is 11.4 Å². The normalized spacial score (nSPS) is 11.2. The highest BCUT2D eigenvalue weighted by Crippen LogP contribution is 2.27. The molecule has 0 unspecified atom stereocenters. The van der Waals surface area contributed by atoms with Crippen molar-refractivity contribution in [1.29, 1.82) is 0 Å². The lowest BCUT2D eigenvalue weighted by Crippen LogP contribution is -2.11. The quantitative estimate of drug-likeness (QED) is 0.312. The molecule has 160 valence electrons. The monoisotopic (exact) mass is 457 g/mol. The Morgan fingerprint density at radius 1 is 1.29 bits per heavy atom. The summed E-state index contributed by atoms with van der Waals surface area (Å²) in [5.74, 6) is 1.86. The second kappa shape index (κ2) is 9.03. The molecular weight excluding hydrogens is 437 g/mol. The van der Waals surface area contributed by atoms with E-state index in [0.717, 1.165) is 15.3 Å². The van der Waals surface area contributed by atoms with Gasteiger partial charge >= 0.3 is 0 Å². The third-order valence-electron chi connectivity index (χ3n) is 4.71. The molecule has 4 rings (SSSR count). The number of hydrogen-bond donors (Lipinski definition) is 1. The summed E-state index contributed by atoms with van der Waals surface area (Å²) in [4.78, 5) is 21.8. The third-order valence-corrected chi connectivity index (χ3v) is 6.79. The minimum absolute atomic E-state index is 0.122. The molecule has 0 radical (unpaired) electrons. The van der Waals surface area contributed by atoms with Gasteiger partial charge in [0.05, 0.1) is 11.1 Å². The summed E-state index contributed by atoms with van der Waals surface area (Å²) in [5.41, 5.74) is 0.855. The number of nitrogens with one attached hydrogen (secondary N) is 1. The van der Waals surface area contributed by atoms with Crippen molar-refractivity contribution in [2.24, 2.45) is 0 Å². The Bertz CT molecular complexity index is 1290. The Balaban J connectivity index is 1.50. The summed E-state index contributed by atoms with van der Waals surface area (Å²) in [7, 11) is 0. The van der Waals surface area contributed by atoms with Gasteiger partial charge in [-0.05, 0) is 43.7 Å². The van der Waals surface area contributed by atoms with E-state index in [-0.39, 0.29) is 18.0 Å². The molecule has 0 aliphatic carbocycles. The Kier molecular flexibility index (Phi) is 6.19. The molecule has 0 fully saturated rings. The fourth-order valence-electron chi connectivity index (χ4n) is 3.02. The highest BCUT2D eigenvalue weighted by Gasteiger charge is 2.15. The maximum absolute atomic E-state index is 13.1. The van der Waals surface area contributed by atoms with E-state index < -0.39 is 0 Å².